The van der Waals surface area contributed by atoms with Gasteiger partial charge in [0.2, 0.25) is 5.91 Å². The number of aryl methyl sites for hydroxylation is 1. The number of nitrogens with one attached hydrogen (secondary N) is 3. The molecule has 0 aliphatic heterocycles. The first-order valence-corrected chi connectivity index (χ1v) is 9.18. The Kier molecular flexibility index (Phi) is 9.13. The number of ether oxygens (including phenoxy) is 1. The smallest absolute Gasteiger partial charge is 0.408 e. The van der Waals surface area contributed by atoms with Crippen LogP contribution in [0.3, 0.4) is 0 Å². The molecular formula is C20H33N3O3. The molecule has 26 heavy (non-hydrogen) atoms. The molecule has 0 heterocycles. The van der Waals surface area contributed by atoms with Gasteiger partial charge in [-0.2, -0.15) is 0 Å². The highest BCUT2D eigenvalue weighted by molar-refractivity contribution is 5.85. The number of amides is 2. The summed E-state index contributed by atoms with van der Waals surface area (Å²) in [7, 11) is 1.89. The van der Waals surface area contributed by atoms with Crippen molar-refractivity contribution in [3.63, 3.8) is 0 Å². The number of unbranched alkanes of at least 4 members (excludes halogenated alkanes) is 1. The van der Waals surface area contributed by atoms with E-state index in [4.69, 9.17) is 4.74 Å². The molecule has 1 aromatic rings. The Morgan fingerprint density at radius 3 is 2.35 bits per heavy atom. The zero-order valence-electron chi connectivity index (χ0n) is 16.6. The van der Waals surface area contributed by atoms with Gasteiger partial charge in [-0.25, -0.2) is 4.79 Å². The third kappa shape index (κ3) is 9.42. The summed E-state index contributed by atoms with van der Waals surface area (Å²) in [4.78, 5) is 24.6. The highest BCUT2D eigenvalue weighted by atomic mass is 16.6. The Hall–Kier alpha value is -2.08. The van der Waals surface area contributed by atoms with E-state index in [0.29, 0.717) is 13.0 Å². The second kappa shape index (κ2) is 10.8. The number of rotatable bonds is 9. The van der Waals surface area contributed by atoms with Crippen molar-refractivity contribution < 1.29 is 14.3 Å². The maximum Gasteiger partial charge on any atom is 0.408 e. The number of carbonyl (C=O) groups excluding carboxylic acids is 2. The third-order valence-electron chi connectivity index (χ3n) is 3.76. The molecule has 3 N–H and O–H groups in total. The van der Waals surface area contributed by atoms with Crippen LogP contribution in [0.5, 0.6) is 0 Å². The first kappa shape index (κ1) is 22.0. The van der Waals surface area contributed by atoms with E-state index in [1.807, 2.05) is 38.2 Å². The van der Waals surface area contributed by atoms with E-state index in [9.17, 15) is 9.59 Å². The summed E-state index contributed by atoms with van der Waals surface area (Å²) in [5.74, 6) is -0.194. The number of alkyl carbamates (subject to hydrolysis) is 1. The molecule has 0 saturated carbocycles. The first-order valence-electron chi connectivity index (χ1n) is 9.18. The summed E-state index contributed by atoms with van der Waals surface area (Å²) in [6, 6.07) is 7.38. The molecule has 0 spiro atoms. The Morgan fingerprint density at radius 2 is 1.77 bits per heavy atom. The lowest BCUT2D eigenvalue weighted by Crippen LogP contribution is -2.48. The Labute approximate surface area is 157 Å². The highest BCUT2D eigenvalue weighted by Gasteiger charge is 2.23. The maximum absolute atomic E-state index is 12.6. The fourth-order valence-corrected chi connectivity index (χ4v) is 2.39. The van der Waals surface area contributed by atoms with Gasteiger partial charge in [-0.15, -0.1) is 0 Å². The third-order valence-corrected chi connectivity index (χ3v) is 3.76. The molecule has 6 heteroatoms. The molecule has 0 aliphatic rings. The van der Waals surface area contributed by atoms with Crippen LogP contribution in [0.15, 0.2) is 24.3 Å². The van der Waals surface area contributed by atoms with Gasteiger partial charge in [-0.1, -0.05) is 29.8 Å². The molecule has 0 aromatic heterocycles. The SMILES string of the molecule is CNCCCC[C@H](NC(=O)OC(C)(C)C)C(=O)NCc1ccc(C)cc1. The van der Waals surface area contributed by atoms with Crippen LogP contribution >= 0.6 is 0 Å². The van der Waals surface area contributed by atoms with E-state index in [-0.39, 0.29) is 5.91 Å². The van der Waals surface area contributed by atoms with Crippen molar-refractivity contribution in [3.05, 3.63) is 35.4 Å². The molecule has 2 amide bonds. The van der Waals surface area contributed by atoms with Gasteiger partial charge in [0.25, 0.3) is 0 Å². The summed E-state index contributed by atoms with van der Waals surface area (Å²) in [6.07, 6.45) is 1.77. The van der Waals surface area contributed by atoms with E-state index in [2.05, 4.69) is 16.0 Å². The first-order chi connectivity index (χ1) is 12.2. The van der Waals surface area contributed by atoms with Gasteiger partial charge in [0.05, 0.1) is 0 Å². The molecular weight excluding hydrogens is 330 g/mol. The van der Waals surface area contributed by atoms with Crippen LogP contribution in [0.25, 0.3) is 0 Å². The molecule has 0 saturated heterocycles. The lowest BCUT2D eigenvalue weighted by Gasteiger charge is -2.23. The van der Waals surface area contributed by atoms with Gasteiger partial charge in [0, 0.05) is 6.54 Å². The fourth-order valence-electron chi connectivity index (χ4n) is 2.39. The molecule has 146 valence electrons. The lowest BCUT2D eigenvalue weighted by molar-refractivity contribution is -0.123. The second-order valence-electron chi connectivity index (χ2n) is 7.50. The average Bonchev–Trinajstić information content (AvgIpc) is 2.55. The minimum atomic E-state index is -0.604. The number of hydrogen-bond acceptors (Lipinski definition) is 4. The van der Waals surface area contributed by atoms with Crippen molar-refractivity contribution in [2.45, 2.75) is 65.1 Å². The molecule has 1 aromatic carbocycles. The Balaban J connectivity index is 2.61. The normalized spacial score (nSPS) is 12.3. The highest BCUT2D eigenvalue weighted by Crippen LogP contribution is 2.09. The van der Waals surface area contributed by atoms with Crippen LogP contribution in [0.1, 0.15) is 51.2 Å². The van der Waals surface area contributed by atoms with Crippen molar-refractivity contribution in [2.75, 3.05) is 13.6 Å². The number of benzene rings is 1. The number of hydrogen-bond donors (Lipinski definition) is 3. The maximum atomic E-state index is 12.6. The summed E-state index contributed by atoms with van der Waals surface area (Å²) >= 11 is 0. The quantitative estimate of drug-likeness (QED) is 0.590. The van der Waals surface area contributed by atoms with Crippen molar-refractivity contribution in [3.8, 4) is 0 Å². The minimum absolute atomic E-state index is 0.194. The molecule has 0 unspecified atom stereocenters. The molecule has 0 fully saturated rings. The topological polar surface area (TPSA) is 79.5 Å². The van der Waals surface area contributed by atoms with E-state index >= 15 is 0 Å². The summed E-state index contributed by atoms with van der Waals surface area (Å²) in [5, 5.41) is 8.69. The summed E-state index contributed by atoms with van der Waals surface area (Å²) in [5.41, 5.74) is 1.60. The predicted octanol–water partition coefficient (Wildman–Crippen LogP) is 2.89. The Morgan fingerprint density at radius 1 is 1.12 bits per heavy atom. The van der Waals surface area contributed by atoms with Crippen LogP contribution in [0.4, 0.5) is 4.79 Å². The van der Waals surface area contributed by atoms with Crippen LogP contribution in [0, 0.1) is 6.92 Å². The standard InChI is InChI=1S/C20H33N3O3/c1-15-9-11-16(12-10-15)14-22-18(24)17(8-6-7-13-21-5)23-19(25)26-20(2,3)4/h9-12,17,21H,6-8,13-14H2,1-5H3,(H,22,24)(H,23,25)/t17-/m0/s1. The van der Waals surface area contributed by atoms with Crippen LogP contribution in [-0.2, 0) is 16.1 Å². The van der Waals surface area contributed by atoms with Crippen molar-refractivity contribution in [1.29, 1.82) is 0 Å². The van der Waals surface area contributed by atoms with Crippen molar-refractivity contribution in [1.82, 2.24) is 16.0 Å². The fraction of sp³-hybridized carbons (Fsp3) is 0.600. The molecule has 0 radical (unpaired) electrons. The van der Waals surface area contributed by atoms with Crippen LogP contribution in [0.2, 0.25) is 0 Å². The molecule has 0 bridgehead atoms. The van der Waals surface area contributed by atoms with E-state index in [1.54, 1.807) is 20.8 Å². The average molecular weight is 364 g/mol. The summed E-state index contributed by atoms with van der Waals surface area (Å²) in [6.45, 7) is 8.73. The largest absolute Gasteiger partial charge is 0.444 e. The predicted molar refractivity (Wildman–Crippen MR) is 104 cm³/mol. The van der Waals surface area contributed by atoms with Crippen molar-refractivity contribution >= 4 is 12.0 Å². The van der Waals surface area contributed by atoms with Crippen LogP contribution in [-0.4, -0.2) is 37.2 Å². The molecule has 1 atom stereocenters. The minimum Gasteiger partial charge on any atom is -0.444 e. The van der Waals surface area contributed by atoms with Gasteiger partial charge in [-0.05, 0) is 66.1 Å². The van der Waals surface area contributed by atoms with Gasteiger partial charge < -0.3 is 20.7 Å². The zero-order valence-corrected chi connectivity index (χ0v) is 16.6. The molecule has 6 nitrogen and oxygen atoms in total. The second-order valence-corrected chi connectivity index (χ2v) is 7.50. The van der Waals surface area contributed by atoms with Gasteiger partial charge in [-0.3, -0.25) is 4.79 Å². The van der Waals surface area contributed by atoms with Gasteiger partial charge in [0.15, 0.2) is 0 Å². The lowest BCUT2D eigenvalue weighted by atomic mass is 10.1. The molecule has 0 aliphatic carbocycles. The Bertz CT molecular complexity index is 565. The summed E-state index contributed by atoms with van der Waals surface area (Å²) < 4.78 is 5.28. The number of carbonyl (C=O) groups is 2. The monoisotopic (exact) mass is 363 g/mol. The van der Waals surface area contributed by atoms with Gasteiger partial charge >= 0.3 is 6.09 Å². The van der Waals surface area contributed by atoms with Crippen LogP contribution < -0.4 is 16.0 Å². The zero-order chi connectivity index (χ0) is 19.6. The van der Waals surface area contributed by atoms with E-state index in [0.717, 1.165) is 24.9 Å². The van der Waals surface area contributed by atoms with E-state index < -0.39 is 17.7 Å². The van der Waals surface area contributed by atoms with Gasteiger partial charge in [0.1, 0.15) is 11.6 Å². The van der Waals surface area contributed by atoms with E-state index in [1.165, 1.54) is 5.56 Å². The molecule has 1 rings (SSSR count). The van der Waals surface area contributed by atoms with Crippen molar-refractivity contribution in [2.24, 2.45) is 0 Å².